The standard InChI is InChI=1S/C23H20F3NO4S/c24-23(25,26)19-6-3-7-21(15-19)32(29,30)27-12-10-17(11-13-27)22(28)31-20-9-8-16-4-1-2-5-18(16)14-20/h1-9,14-15,17H,10-13H2. The highest BCUT2D eigenvalue weighted by atomic mass is 32.2. The van der Waals surface area contributed by atoms with Crippen LogP contribution in [0.3, 0.4) is 0 Å². The van der Waals surface area contributed by atoms with Gasteiger partial charge in [-0.1, -0.05) is 36.4 Å². The molecule has 32 heavy (non-hydrogen) atoms. The Kier molecular flexibility index (Phi) is 5.96. The van der Waals surface area contributed by atoms with Crippen molar-refractivity contribution in [2.75, 3.05) is 13.1 Å². The molecule has 1 fully saturated rings. The topological polar surface area (TPSA) is 63.7 Å². The third-order valence-corrected chi connectivity index (χ3v) is 7.42. The number of rotatable bonds is 4. The summed E-state index contributed by atoms with van der Waals surface area (Å²) in [6.45, 7) is 0.0477. The zero-order valence-electron chi connectivity index (χ0n) is 16.9. The van der Waals surface area contributed by atoms with Gasteiger partial charge in [-0.3, -0.25) is 4.79 Å². The molecule has 0 bridgehead atoms. The first-order chi connectivity index (χ1) is 15.1. The van der Waals surface area contributed by atoms with Gasteiger partial charge in [0.15, 0.2) is 0 Å². The summed E-state index contributed by atoms with van der Waals surface area (Å²) in [4.78, 5) is 12.2. The van der Waals surface area contributed by atoms with Crippen LogP contribution >= 0.6 is 0 Å². The zero-order valence-corrected chi connectivity index (χ0v) is 17.7. The van der Waals surface area contributed by atoms with Crippen LogP contribution in [0, 0.1) is 5.92 Å². The van der Waals surface area contributed by atoms with Crippen LogP contribution in [0.4, 0.5) is 13.2 Å². The van der Waals surface area contributed by atoms with Gasteiger partial charge in [0.1, 0.15) is 5.75 Å². The summed E-state index contributed by atoms with van der Waals surface area (Å²) < 4.78 is 71.0. The van der Waals surface area contributed by atoms with Crippen LogP contribution in [0.1, 0.15) is 18.4 Å². The Labute approximate surface area is 183 Å². The summed E-state index contributed by atoms with van der Waals surface area (Å²) in [7, 11) is -4.10. The third kappa shape index (κ3) is 4.63. The molecule has 0 radical (unpaired) electrons. The Morgan fingerprint density at radius 3 is 2.28 bits per heavy atom. The van der Waals surface area contributed by atoms with Crippen molar-refractivity contribution in [2.45, 2.75) is 23.9 Å². The first kappa shape index (κ1) is 22.3. The van der Waals surface area contributed by atoms with E-state index in [0.29, 0.717) is 11.8 Å². The second kappa shape index (κ2) is 8.55. The fraction of sp³-hybridized carbons (Fsp3) is 0.261. The minimum absolute atomic E-state index is 0.0239. The van der Waals surface area contributed by atoms with E-state index in [1.807, 2.05) is 30.3 Å². The molecule has 0 N–H and O–H groups in total. The van der Waals surface area contributed by atoms with Crippen molar-refractivity contribution >= 4 is 26.8 Å². The Morgan fingerprint density at radius 2 is 1.59 bits per heavy atom. The minimum atomic E-state index is -4.63. The molecule has 9 heteroatoms. The van der Waals surface area contributed by atoms with Gasteiger partial charge >= 0.3 is 12.1 Å². The molecular weight excluding hydrogens is 443 g/mol. The Hall–Kier alpha value is -2.91. The van der Waals surface area contributed by atoms with E-state index >= 15 is 0 Å². The maximum atomic E-state index is 12.9. The molecular formula is C23H20F3NO4S. The molecule has 3 aromatic carbocycles. The number of piperidine rings is 1. The number of nitrogens with zero attached hydrogens (tertiary/aromatic N) is 1. The number of ether oxygens (including phenoxy) is 1. The lowest BCUT2D eigenvalue weighted by molar-refractivity contribution is -0.140. The first-order valence-corrected chi connectivity index (χ1v) is 11.5. The Bertz CT molecular complexity index is 1250. The molecule has 0 unspecified atom stereocenters. The van der Waals surface area contributed by atoms with Gasteiger partial charge in [-0.05, 0) is 53.9 Å². The molecule has 1 saturated heterocycles. The number of hydrogen-bond donors (Lipinski definition) is 0. The lowest BCUT2D eigenvalue weighted by atomic mass is 9.98. The average Bonchev–Trinajstić information content (AvgIpc) is 2.78. The summed E-state index contributed by atoms with van der Waals surface area (Å²) in [5.41, 5.74) is -1.02. The Morgan fingerprint density at radius 1 is 0.906 bits per heavy atom. The molecule has 0 saturated carbocycles. The smallest absolute Gasteiger partial charge is 0.416 e. The molecule has 0 atom stereocenters. The number of sulfonamides is 1. The summed E-state index contributed by atoms with van der Waals surface area (Å²) in [5.74, 6) is -0.529. The molecule has 0 aliphatic carbocycles. The molecule has 1 heterocycles. The van der Waals surface area contributed by atoms with Gasteiger partial charge in [-0.25, -0.2) is 8.42 Å². The molecule has 0 spiro atoms. The maximum Gasteiger partial charge on any atom is 0.416 e. The minimum Gasteiger partial charge on any atom is -0.426 e. The van der Waals surface area contributed by atoms with Crippen LogP contribution in [0.15, 0.2) is 71.6 Å². The highest BCUT2D eigenvalue weighted by molar-refractivity contribution is 7.89. The fourth-order valence-electron chi connectivity index (χ4n) is 3.74. The number of benzene rings is 3. The normalized spacial score (nSPS) is 16.2. The number of hydrogen-bond acceptors (Lipinski definition) is 4. The largest absolute Gasteiger partial charge is 0.426 e. The van der Waals surface area contributed by atoms with E-state index < -0.39 is 38.5 Å². The average molecular weight is 463 g/mol. The van der Waals surface area contributed by atoms with Crippen molar-refractivity contribution in [3.63, 3.8) is 0 Å². The van der Waals surface area contributed by atoms with Crippen molar-refractivity contribution in [1.82, 2.24) is 4.31 Å². The number of fused-ring (bicyclic) bond motifs is 1. The predicted molar refractivity (Wildman–Crippen MR) is 113 cm³/mol. The van der Waals surface area contributed by atoms with Gasteiger partial charge < -0.3 is 4.74 Å². The van der Waals surface area contributed by atoms with E-state index in [-0.39, 0.29) is 25.9 Å². The predicted octanol–water partition coefficient (Wildman–Crippen LogP) is 4.86. The second-order valence-corrected chi connectivity index (χ2v) is 9.57. The fourth-order valence-corrected chi connectivity index (χ4v) is 5.26. The van der Waals surface area contributed by atoms with Crippen LogP contribution in [0.5, 0.6) is 5.75 Å². The number of carbonyl (C=O) groups is 1. The van der Waals surface area contributed by atoms with Crippen LogP contribution in [-0.4, -0.2) is 31.8 Å². The van der Waals surface area contributed by atoms with Crippen LogP contribution < -0.4 is 4.74 Å². The van der Waals surface area contributed by atoms with Gasteiger partial charge in [0, 0.05) is 13.1 Å². The van der Waals surface area contributed by atoms with E-state index in [2.05, 4.69) is 0 Å². The number of halogens is 3. The van der Waals surface area contributed by atoms with Gasteiger partial charge in [-0.2, -0.15) is 17.5 Å². The summed E-state index contributed by atoms with van der Waals surface area (Å²) in [6.07, 6.45) is -4.18. The van der Waals surface area contributed by atoms with Crippen LogP contribution in [-0.2, 0) is 21.0 Å². The van der Waals surface area contributed by atoms with Crippen LogP contribution in [0.25, 0.3) is 10.8 Å². The summed E-state index contributed by atoms with van der Waals surface area (Å²) >= 11 is 0. The lowest BCUT2D eigenvalue weighted by Crippen LogP contribution is -2.41. The molecule has 168 valence electrons. The van der Waals surface area contributed by atoms with E-state index in [0.717, 1.165) is 33.3 Å². The monoisotopic (exact) mass is 463 g/mol. The van der Waals surface area contributed by atoms with Gasteiger partial charge in [0.2, 0.25) is 10.0 Å². The third-order valence-electron chi connectivity index (χ3n) is 5.53. The second-order valence-electron chi connectivity index (χ2n) is 7.63. The van der Waals surface area contributed by atoms with E-state index in [4.69, 9.17) is 4.74 Å². The number of esters is 1. The van der Waals surface area contributed by atoms with Crippen molar-refractivity contribution in [3.8, 4) is 5.75 Å². The van der Waals surface area contributed by atoms with Crippen LogP contribution in [0.2, 0.25) is 0 Å². The molecule has 1 aliphatic rings. The lowest BCUT2D eigenvalue weighted by Gasteiger charge is -2.30. The summed E-state index contributed by atoms with van der Waals surface area (Å²) in [5, 5.41) is 1.94. The molecule has 0 amide bonds. The van der Waals surface area contributed by atoms with Gasteiger partial charge in [0.05, 0.1) is 16.4 Å². The zero-order chi connectivity index (χ0) is 22.9. The highest BCUT2D eigenvalue weighted by Gasteiger charge is 2.35. The van der Waals surface area contributed by atoms with Gasteiger partial charge in [-0.15, -0.1) is 0 Å². The first-order valence-electron chi connectivity index (χ1n) is 10.0. The van der Waals surface area contributed by atoms with E-state index in [1.165, 1.54) is 0 Å². The summed E-state index contributed by atoms with van der Waals surface area (Å²) in [6, 6.07) is 16.6. The van der Waals surface area contributed by atoms with Crippen molar-refractivity contribution in [2.24, 2.45) is 5.92 Å². The number of carbonyl (C=O) groups excluding carboxylic acids is 1. The molecule has 4 rings (SSSR count). The van der Waals surface area contributed by atoms with Crippen molar-refractivity contribution in [1.29, 1.82) is 0 Å². The quantitative estimate of drug-likeness (QED) is 0.409. The molecule has 0 aromatic heterocycles. The number of alkyl halides is 3. The van der Waals surface area contributed by atoms with E-state index in [1.54, 1.807) is 12.1 Å². The molecule has 1 aliphatic heterocycles. The maximum absolute atomic E-state index is 12.9. The van der Waals surface area contributed by atoms with Crippen molar-refractivity contribution < 1.29 is 31.1 Å². The Balaban J connectivity index is 1.41. The highest BCUT2D eigenvalue weighted by Crippen LogP contribution is 2.32. The molecule has 5 nitrogen and oxygen atoms in total. The SMILES string of the molecule is O=C(Oc1ccc2ccccc2c1)C1CCN(S(=O)(=O)c2cccc(C(F)(F)F)c2)CC1. The van der Waals surface area contributed by atoms with Gasteiger partial charge in [0.25, 0.3) is 0 Å². The molecule has 3 aromatic rings. The van der Waals surface area contributed by atoms with Crippen molar-refractivity contribution in [3.05, 3.63) is 72.3 Å². The van der Waals surface area contributed by atoms with E-state index in [9.17, 15) is 26.4 Å².